The summed E-state index contributed by atoms with van der Waals surface area (Å²) in [5.41, 5.74) is 3.05. The molecule has 2 N–H and O–H groups in total. The molecule has 0 aliphatic carbocycles. The van der Waals surface area contributed by atoms with Crippen LogP contribution in [0.5, 0.6) is 0 Å². The summed E-state index contributed by atoms with van der Waals surface area (Å²) >= 11 is 3.33. The molecule has 25 heavy (non-hydrogen) atoms. The Bertz CT molecular complexity index is 735. The van der Waals surface area contributed by atoms with Gasteiger partial charge in [0.15, 0.2) is 4.34 Å². The Balaban J connectivity index is 0.00000225. The van der Waals surface area contributed by atoms with E-state index in [1.807, 2.05) is 19.9 Å². The van der Waals surface area contributed by atoms with Gasteiger partial charge < -0.3 is 10.6 Å². The van der Waals surface area contributed by atoms with Gasteiger partial charge in [-0.25, -0.2) is 4.98 Å². The van der Waals surface area contributed by atoms with E-state index in [2.05, 4.69) is 40.1 Å². The van der Waals surface area contributed by atoms with Crippen LogP contribution in [-0.2, 0) is 4.79 Å². The lowest BCUT2D eigenvalue weighted by molar-refractivity contribution is -0.120. The number of aromatic nitrogens is 1. The molecule has 136 valence electrons. The Morgan fingerprint density at radius 3 is 2.84 bits per heavy atom. The molecule has 0 unspecified atom stereocenters. The monoisotopic (exact) mass is 397 g/mol. The van der Waals surface area contributed by atoms with Crippen LogP contribution < -0.4 is 10.6 Å². The molecule has 0 radical (unpaired) electrons. The minimum atomic E-state index is 0. The van der Waals surface area contributed by atoms with Crippen LogP contribution in [0.25, 0.3) is 0 Å². The zero-order chi connectivity index (χ0) is 17.1. The minimum absolute atomic E-state index is 0. The Kier molecular flexibility index (Phi) is 7.31. The van der Waals surface area contributed by atoms with Crippen molar-refractivity contribution in [1.82, 2.24) is 10.3 Å². The molecule has 0 bridgehead atoms. The van der Waals surface area contributed by atoms with Crippen molar-refractivity contribution in [2.24, 2.45) is 5.92 Å². The summed E-state index contributed by atoms with van der Waals surface area (Å²) in [6.07, 6.45) is 1.81. The van der Waals surface area contributed by atoms with Gasteiger partial charge in [-0.1, -0.05) is 11.8 Å². The maximum absolute atomic E-state index is 12.5. The lowest BCUT2D eigenvalue weighted by Crippen LogP contribution is -2.40. The van der Waals surface area contributed by atoms with E-state index in [0.717, 1.165) is 45.6 Å². The van der Waals surface area contributed by atoms with Gasteiger partial charge in [-0.2, -0.15) is 0 Å². The van der Waals surface area contributed by atoms with Crippen molar-refractivity contribution in [2.75, 3.05) is 11.9 Å². The summed E-state index contributed by atoms with van der Waals surface area (Å²) in [5.74, 6) is 0.246. The summed E-state index contributed by atoms with van der Waals surface area (Å²) in [6.45, 7) is 7.10. The lowest BCUT2D eigenvalue weighted by atomic mass is 9.92. The number of carbonyl (C=O) groups excluding carboxylic acids is 1. The second-order valence-corrected chi connectivity index (χ2v) is 8.58. The van der Waals surface area contributed by atoms with E-state index in [9.17, 15) is 4.79 Å². The topological polar surface area (TPSA) is 54.0 Å². The predicted molar refractivity (Wildman–Crippen MR) is 108 cm³/mol. The molecule has 2 atom stereocenters. The number of benzene rings is 1. The first kappa shape index (κ1) is 20.2. The SMILES string of the molecule is Cc1csc(Sc2ccc(NC(=O)[C@H]3CCN[C@@H](C)C3)c(C)c2)n1.Cl. The molecule has 1 aliphatic heterocycles. The molecule has 0 saturated carbocycles. The fraction of sp³-hybridized carbons (Fsp3) is 0.444. The number of carbonyl (C=O) groups is 1. The third kappa shape index (κ3) is 5.45. The number of piperidine rings is 1. The van der Waals surface area contributed by atoms with Gasteiger partial charge in [0.1, 0.15) is 0 Å². The van der Waals surface area contributed by atoms with Crippen LogP contribution in [-0.4, -0.2) is 23.5 Å². The van der Waals surface area contributed by atoms with E-state index in [-0.39, 0.29) is 24.2 Å². The summed E-state index contributed by atoms with van der Waals surface area (Å²) in [6, 6.07) is 6.58. The molecule has 4 nitrogen and oxygen atoms in total. The quantitative estimate of drug-likeness (QED) is 0.787. The Hall–Kier alpha value is -1.08. The van der Waals surface area contributed by atoms with Crippen molar-refractivity contribution in [3.8, 4) is 0 Å². The molecule has 1 aliphatic rings. The summed E-state index contributed by atoms with van der Waals surface area (Å²) < 4.78 is 1.05. The van der Waals surface area contributed by atoms with Crippen LogP contribution in [0.1, 0.15) is 31.0 Å². The predicted octanol–water partition coefficient (Wildman–Crippen LogP) is 4.66. The van der Waals surface area contributed by atoms with Crippen LogP contribution in [0.2, 0.25) is 0 Å². The van der Waals surface area contributed by atoms with Crippen molar-refractivity contribution in [3.05, 3.63) is 34.8 Å². The second-order valence-electron chi connectivity index (χ2n) is 6.40. The number of nitrogens with zero attached hydrogens (tertiary/aromatic N) is 1. The highest BCUT2D eigenvalue weighted by Crippen LogP contribution is 2.32. The first-order valence-electron chi connectivity index (χ1n) is 8.26. The van der Waals surface area contributed by atoms with Gasteiger partial charge in [-0.05, 0) is 63.9 Å². The second kappa shape index (κ2) is 9.03. The number of rotatable bonds is 4. The van der Waals surface area contributed by atoms with Crippen LogP contribution in [0.3, 0.4) is 0 Å². The fourth-order valence-corrected chi connectivity index (χ4v) is 4.83. The number of amides is 1. The molecule has 2 heterocycles. The smallest absolute Gasteiger partial charge is 0.227 e. The normalized spacial score (nSPS) is 20.0. The van der Waals surface area contributed by atoms with E-state index in [1.54, 1.807) is 23.1 Å². The number of aryl methyl sites for hydroxylation is 2. The molecular weight excluding hydrogens is 374 g/mol. The highest BCUT2D eigenvalue weighted by atomic mass is 35.5. The summed E-state index contributed by atoms with van der Waals surface area (Å²) in [5, 5.41) is 8.55. The van der Waals surface area contributed by atoms with E-state index >= 15 is 0 Å². The van der Waals surface area contributed by atoms with Gasteiger partial charge in [-0.15, -0.1) is 23.7 Å². The Morgan fingerprint density at radius 1 is 1.40 bits per heavy atom. The van der Waals surface area contributed by atoms with E-state index in [1.165, 1.54) is 0 Å². The number of thiazole rings is 1. The molecule has 2 aromatic rings. The molecule has 1 saturated heterocycles. The van der Waals surface area contributed by atoms with Crippen molar-refractivity contribution in [2.45, 2.75) is 48.9 Å². The van der Waals surface area contributed by atoms with Crippen LogP contribution >= 0.6 is 35.5 Å². The van der Waals surface area contributed by atoms with Gasteiger partial charge in [0, 0.05) is 33.6 Å². The maximum atomic E-state index is 12.5. The lowest BCUT2D eigenvalue weighted by Gasteiger charge is -2.27. The average molecular weight is 398 g/mol. The average Bonchev–Trinajstić information content (AvgIpc) is 2.95. The molecule has 3 rings (SSSR count). The largest absolute Gasteiger partial charge is 0.326 e. The van der Waals surface area contributed by atoms with Crippen molar-refractivity contribution in [1.29, 1.82) is 0 Å². The van der Waals surface area contributed by atoms with Crippen molar-refractivity contribution in [3.63, 3.8) is 0 Å². The van der Waals surface area contributed by atoms with Gasteiger partial charge in [-0.3, -0.25) is 4.79 Å². The van der Waals surface area contributed by atoms with Crippen LogP contribution in [0, 0.1) is 19.8 Å². The Labute approximate surface area is 163 Å². The maximum Gasteiger partial charge on any atom is 0.227 e. The van der Waals surface area contributed by atoms with E-state index in [0.29, 0.717) is 6.04 Å². The zero-order valence-electron chi connectivity index (χ0n) is 14.7. The number of hydrogen-bond acceptors (Lipinski definition) is 5. The van der Waals surface area contributed by atoms with Crippen LogP contribution in [0.4, 0.5) is 5.69 Å². The first-order chi connectivity index (χ1) is 11.5. The third-order valence-electron chi connectivity index (χ3n) is 4.25. The molecular formula is C18H24ClN3OS2. The summed E-state index contributed by atoms with van der Waals surface area (Å²) in [4.78, 5) is 18.1. The number of anilines is 1. The third-order valence-corrected chi connectivity index (χ3v) is 6.30. The molecule has 0 spiro atoms. The van der Waals surface area contributed by atoms with Crippen LogP contribution in [0.15, 0.2) is 32.8 Å². The summed E-state index contributed by atoms with van der Waals surface area (Å²) in [7, 11) is 0. The van der Waals surface area contributed by atoms with Crippen molar-refractivity contribution >= 4 is 47.1 Å². The number of nitrogens with one attached hydrogen (secondary N) is 2. The molecule has 7 heteroatoms. The van der Waals surface area contributed by atoms with Gasteiger partial charge >= 0.3 is 0 Å². The molecule has 1 fully saturated rings. The van der Waals surface area contributed by atoms with Gasteiger partial charge in [0.25, 0.3) is 0 Å². The van der Waals surface area contributed by atoms with E-state index < -0.39 is 0 Å². The number of halogens is 1. The molecule has 1 aromatic carbocycles. The fourth-order valence-electron chi connectivity index (χ4n) is 2.92. The van der Waals surface area contributed by atoms with Gasteiger partial charge in [0.05, 0.1) is 0 Å². The minimum Gasteiger partial charge on any atom is -0.326 e. The van der Waals surface area contributed by atoms with Crippen molar-refractivity contribution < 1.29 is 4.79 Å². The highest BCUT2D eigenvalue weighted by molar-refractivity contribution is 8.01. The Morgan fingerprint density at radius 2 is 2.20 bits per heavy atom. The first-order valence-corrected chi connectivity index (χ1v) is 9.96. The zero-order valence-corrected chi connectivity index (χ0v) is 17.1. The van der Waals surface area contributed by atoms with Gasteiger partial charge in [0.2, 0.25) is 5.91 Å². The standard InChI is InChI=1S/C18H23N3OS2.ClH/c1-11-8-15(24-18-20-13(3)10-23-18)4-5-16(11)21-17(22)14-6-7-19-12(2)9-14;/h4-5,8,10,12,14,19H,6-7,9H2,1-3H3,(H,21,22);1H/t12-,14-;/m0./s1. The van der Waals surface area contributed by atoms with E-state index in [4.69, 9.17) is 0 Å². The number of hydrogen-bond donors (Lipinski definition) is 2. The molecule has 1 aromatic heterocycles. The molecule has 1 amide bonds. The highest BCUT2D eigenvalue weighted by Gasteiger charge is 2.24.